The van der Waals surface area contributed by atoms with E-state index in [0.29, 0.717) is 12.5 Å². The number of unbranched alkanes of at least 4 members (excludes halogenated alkanes) is 1. The summed E-state index contributed by atoms with van der Waals surface area (Å²) in [5, 5.41) is 4.73. The Bertz CT molecular complexity index is 1060. The molecule has 4 nitrogen and oxygen atoms in total. The zero-order valence-corrected chi connectivity index (χ0v) is 15.1. The van der Waals surface area contributed by atoms with Crippen molar-refractivity contribution in [3.63, 3.8) is 0 Å². The second-order valence-corrected chi connectivity index (χ2v) is 6.35. The molecule has 1 aromatic carbocycles. The van der Waals surface area contributed by atoms with Gasteiger partial charge < -0.3 is 4.74 Å². The highest BCUT2D eigenvalue weighted by Crippen LogP contribution is 2.36. The molecule has 0 aliphatic carbocycles. The Morgan fingerprint density at radius 1 is 1.04 bits per heavy atom. The zero-order chi connectivity index (χ0) is 18.6. The van der Waals surface area contributed by atoms with Crippen LogP contribution in [0.3, 0.4) is 0 Å². The molecular formula is C22H20FN3O. The molecule has 0 saturated carbocycles. The number of rotatable bonds is 6. The third-order valence-electron chi connectivity index (χ3n) is 4.43. The van der Waals surface area contributed by atoms with Crippen LogP contribution in [0.15, 0.2) is 67.0 Å². The minimum absolute atomic E-state index is 0.264. The van der Waals surface area contributed by atoms with E-state index in [4.69, 9.17) is 9.84 Å². The third-order valence-corrected chi connectivity index (χ3v) is 4.43. The molecular weight excluding hydrogens is 341 g/mol. The second kappa shape index (κ2) is 7.58. The number of nitrogens with zero attached hydrogens (tertiary/aromatic N) is 3. The summed E-state index contributed by atoms with van der Waals surface area (Å²) in [6.45, 7) is 2.77. The van der Waals surface area contributed by atoms with Gasteiger partial charge in [-0.15, -0.1) is 0 Å². The van der Waals surface area contributed by atoms with Crippen molar-refractivity contribution in [2.45, 2.75) is 19.8 Å². The molecule has 27 heavy (non-hydrogen) atoms. The van der Waals surface area contributed by atoms with E-state index in [-0.39, 0.29) is 5.82 Å². The Morgan fingerprint density at radius 2 is 1.89 bits per heavy atom. The zero-order valence-electron chi connectivity index (χ0n) is 15.1. The molecule has 0 amide bonds. The first kappa shape index (κ1) is 17.2. The van der Waals surface area contributed by atoms with Gasteiger partial charge in [0, 0.05) is 29.6 Å². The monoisotopic (exact) mass is 361 g/mol. The van der Waals surface area contributed by atoms with E-state index in [0.717, 1.165) is 40.7 Å². The molecule has 0 bridgehead atoms. The molecule has 0 unspecified atom stereocenters. The van der Waals surface area contributed by atoms with Crippen molar-refractivity contribution in [2.75, 3.05) is 6.61 Å². The maximum Gasteiger partial charge on any atom is 0.213 e. The molecule has 136 valence electrons. The van der Waals surface area contributed by atoms with Crippen LogP contribution >= 0.6 is 0 Å². The number of halogens is 1. The quantitative estimate of drug-likeness (QED) is 0.433. The SMILES string of the molecule is CCCCOc1cc(-c2c(-c3ccc(F)cc3)nn3ccccc23)ccn1. The Kier molecular flexibility index (Phi) is 4.83. The molecule has 5 heteroatoms. The van der Waals surface area contributed by atoms with E-state index in [1.165, 1.54) is 12.1 Å². The number of benzene rings is 1. The number of hydrogen-bond acceptors (Lipinski definition) is 3. The lowest BCUT2D eigenvalue weighted by atomic mass is 10.0. The highest BCUT2D eigenvalue weighted by molar-refractivity contribution is 5.92. The van der Waals surface area contributed by atoms with Crippen LogP contribution in [0.4, 0.5) is 4.39 Å². The minimum Gasteiger partial charge on any atom is -0.478 e. The number of fused-ring (bicyclic) bond motifs is 1. The van der Waals surface area contributed by atoms with Gasteiger partial charge in [-0.3, -0.25) is 0 Å². The molecule has 0 radical (unpaired) electrons. The van der Waals surface area contributed by atoms with Crippen molar-refractivity contribution in [1.29, 1.82) is 0 Å². The number of hydrogen-bond donors (Lipinski definition) is 0. The Balaban J connectivity index is 1.84. The van der Waals surface area contributed by atoms with Gasteiger partial charge in [-0.25, -0.2) is 13.9 Å². The van der Waals surface area contributed by atoms with Crippen LogP contribution in [-0.4, -0.2) is 21.2 Å². The summed E-state index contributed by atoms with van der Waals surface area (Å²) in [5.41, 5.74) is 4.58. The number of aromatic nitrogens is 3. The minimum atomic E-state index is -0.264. The lowest BCUT2D eigenvalue weighted by Crippen LogP contribution is -1.98. The van der Waals surface area contributed by atoms with Crippen LogP contribution in [0.5, 0.6) is 5.88 Å². The van der Waals surface area contributed by atoms with E-state index < -0.39 is 0 Å². The largest absolute Gasteiger partial charge is 0.478 e. The standard InChI is InChI=1S/C22H20FN3O/c1-2-3-14-27-20-15-17(11-12-24-20)21-19-6-4-5-13-26(19)25-22(21)16-7-9-18(23)10-8-16/h4-13,15H,2-3,14H2,1H3. The summed E-state index contributed by atoms with van der Waals surface area (Å²) in [4.78, 5) is 4.32. The van der Waals surface area contributed by atoms with Crippen LogP contribution in [0.1, 0.15) is 19.8 Å². The van der Waals surface area contributed by atoms with Gasteiger partial charge in [-0.1, -0.05) is 19.4 Å². The van der Waals surface area contributed by atoms with E-state index in [1.807, 2.05) is 41.0 Å². The fourth-order valence-corrected chi connectivity index (χ4v) is 3.06. The van der Waals surface area contributed by atoms with E-state index in [2.05, 4.69) is 11.9 Å². The maximum absolute atomic E-state index is 13.4. The fraction of sp³-hybridized carbons (Fsp3) is 0.182. The first-order valence-corrected chi connectivity index (χ1v) is 9.09. The van der Waals surface area contributed by atoms with Crippen molar-refractivity contribution in [2.24, 2.45) is 0 Å². The highest BCUT2D eigenvalue weighted by atomic mass is 19.1. The van der Waals surface area contributed by atoms with Crippen molar-refractivity contribution >= 4 is 5.52 Å². The molecule has 0 aliphatic rings. The van der Waals surface area contributed by atoms with E-state index in [1.54, 1.807) is 18.3 Å². The molecule has 4 rings (SSSR count). The predicted molar refractivity (Wildman–Crippen MR) is 104 cm³/mol. The summed E-state index contributed by atoms with van der Waals surface area (Å²) in [5.74, 6) is 0.334. The first-order chi connectivity index (χ1) is 13.3. The summed E-state index contributed by atoms with van der Waals surface area (Å²) < 4.78 is 21.0. The summed E-state index contributed by atoms with van der Waals surface area (Å²) in [7, 11) is 0. The molecule has 0 spiro atoms. The van der Waals surface area contributed by atoms with Gasteiger partial charge in [0.2, 0.25) is 5.88 Å². The van der Waals surface area contributed by atoms with Gasteiger partial charge in [0.05, 0.1) is 12.1 Å². The van der Waals surface area contributed by atoms with Gasteiger partial charge in [0.25, 0.3) is 0 Å². The molecule has 0 atom stereocenters. The van der Waals surface area contributed by atoms with Crippen LogP contribution in [0.2, 0.25) is 0 Å². The molecule has 0 saturated heterocycles. The molecule has 0 fully saturated rings. The average molecular weight is 361 g/mol. The summed E-state index contributed by atoms with van der Waals surface area (Å²) >= 11 is 0. The van der Waals surface area contributed by atoms with Crippen LogP contribution in [0, 0.1) is 5.82 Å². The number of pyridine rings is 2. The van der Waals surface area contributed by atoms with Gasteiger partial charge in [0.1, 0.15) is 11.5 Å². The van der Waals surface area contributed by atoms with Crippen molar-refractivity contribution in [1.82, 2.24) is 14.6 Å². The molecule has 3 heterocycles. The van der Waals surface area contributed by atoms with Gasteiger partial charge >= 0.3 is 0 Å². The predicted octanol–water partition coefficient (Wildman–Crippen LogP) is 5.38. The summed E-state index contributed by atoms with van der Waals surface area (Å²) in [6, 6.07) is 16.2. The lowest BCUT2D eigenvalue weighted by Gasteiger charge is -2.08. The molecule has 0 aliphatic heterocycles. The van der Waals surface area contributed by atoms with E-state index in [9.17, 15) is 4.39 Å². The van der Waals surface area contributed by atoms with Gasteiger partial charge in [-0.2, -0.15) is 5.10 Å². The van der Waals surface area contributed by atoms with Gasteiger partial charge in [0.15, 0.2) is 0 Å². The van der Waals surface area contributed by atoms with Crippen molar-refractivity contribution < 1.29 is 9.13 Å². The smallest absolute Gasteiger partial charge is 0.213 e. The van der Waals surface area contributed by atoms with Crippen molar-refractivity contribution in [3.05, 3.63) is 72.8 Å². The maximum atomic E-state index is 13.4. The molecule has 3 aromatic heterocycles. The normalized spacial score (nSPS) is 11.0. The van der Waals surface area contributed by atoms with Crippen LogP contribution in [-0.2, 0) is 0 Å². The fourth-order valence-electron chi connectivity index (χ4n) is 3.06. The van der Waals surface area contributed by atoms with Crippen LogP contribution in [0.25, 0.3) is 27.9 Å². The number of ether oxygens (including phenoxy) is 1. The topological polar surface area (TPSA) is 39.4 Å². The Labute approximate surface area is 157 Å². The Morgan fingerprint density at radius 3 is 2.70 bits per heavy atom. The lowest BCUT2D eigenvalue weighted by molar-refractivity contribution is 0.298. The molecule has 4 aromatic rings. The van der Waals surface area contributed by atoms with Crippen molar-refractivity contribution in [3.8, 4) is 28.3 Å². The third kappa shape index (κ3) is 3.53. The summed E-state index contributed by atoms with van der Waals surface area (Å²) in [6.07, 6.45) is 5.72. The Hall–Kier alpha value is -3.21. The van der Waals surface area contributed by atoms with E-state index >= 15 is 0 Å². The first-order valence-electron chi connectivity index (χ1n) is 9.09. The average Bonchev–Trinajstić information content (AvgIpc) is 3.08. The molecule has 0 N–H and O–H groups in total. The second-order valence-electron chi connectivity index (χ2n) is 6.35. The highest BCUT2D eigenvalue weighted by Gasteiger charge is 2.17. The van der Waals surface area contributed by atoms with Crippen LogP contribution < -0.4 is 4.74 Å². The van der Waals surface area contributed by atoms with Gasteiger partial charge in [-0.05, 0) is 54.4 Å².